The molecule has 0 atom stereocenters. The van der Waals surface area contributed by atoms with Crippen LogP contribution in [0, 0.1) is 0 Å². The Kier molecular flexibility index (Phi) is 1.81. The molecule has 60 valence electrons. The van der Waals surface area contributed by atoms with E-state index in [1.54, 1.807) is 13.3 Å². The number of aromatic nitrogens is 2. The third-order valence-corrected chi connectivity index (χ3v) is 1.64. The highest BCUT2D eigenvalue weighted by Gasteiger charge is 2.20. The van der Waals surface area contributed by atoms with Crippen molar-refractivity contribution in [2.24, 2.45) is 0 Å². The molecule has 0 radical (unpaired) electrons. The summed E-state index contributed by atoms with van der Waals surface area (Å²) >= 11 is 0. The van der Waals surface area contributed by atoms with Gasteiger partial charge in [0, 0.05) is 19.5 Å². The van der Waals surface area contributed by atoms with Gasteiger partial charge in [-0.15, -0.1) is 0 Å². The summed E-state index contributed by atoms with van der Waals surface area (Å²) in [5.74, 6) is 0. The van der Waals surface area contributed by atoms with Gasteiger partial charge in [-0.3, -0.25) is 9.97 Å². The molecule has 0 unspecified atom stereocenters. The topological polar surface area (TPSA) is 35.0 Å². The van der Waals surface area contributed by atoms with E-state index < -0.39 is 5.60 Å². The number of rotatable bonds is 2. The van der Waals surface area contributed by atoms with Crippen LogP contribution in [0.1, 0.15) is 20.9 Å². The molecule has 1 aromatic rings. The van der Waals surface area contributed by atoms with E-state index in [1.807, 2.05) is 13.8 Å². The van der Waals surface area contributed by atoms with Crippen LogP contribution in [-0.2, 0) is 10.3 Å². The van der Waals surface area contributed by atoms with Gasteiger partial charge in [-0.25, -0.2) is 0 Å². The quantitative estimate of drug-likeness (QED) is 0.643. The summed E-state index contributed by atoms with van der Waals surface area (Å²) in [4.78, 5) is 7.86. The van der Waals surface area contributed by atoms with Crippen molar-refractivity contribution >= 4 is 0 Å². The fourth-order valence-electron chi connectivity index (χ4n) is 0.663. The van der Waals surface area contributed by atoms with E-state index >= 15 is 0 Å². The number of ether oxygens (including phenoxy) is 1. The summed E-state index contributed by atoms with van der Waals surface area (Å²) in [6.45, 7) is 3.77. The Morgan fingerprint density at radius 3 is 2.91 bits per heavy atom. The second kappa shape index (κ2) is 2.96. The van der Waals surface area contributed by atoms with Crippen LogP contribution in [-0.4, -0.2) is 17.1 Å². The second-order valence-electron chi connectivity index (χ2n) is 2.75. The van der Waals surface area contributed by atoms with Crippen molar-refractivity contribution in [3.63, 3.8) is 0 Å². The standard InChI is InChI=1S/C8H12N2O/c1-8(2,11-3)7-6-9-4-5-10-7/h4-6H,1-3H3/i5D. The highest BCUT2D eigenvalue weighted by Crippen LogP contribution is 2.19. The van der Waals surface area contributed by atoms with Gasteiger partial charge in [0.25, 0.3) is 0 Å². The van der Waals surface area contributed by atoms with E-state index in [-0.39, 0.29) is 6.17 Å². The molecule has 0 saturated carbocycles. The fraction of sp³-hybridized carbons (Fsp3) is 0.500. The van der Waals surface area contributed by atoms with Crippen molar-refractivity contribution < 1.29 is 6.11 Å². The van der Waals surface area contributed by atoms with Crippen molar-refractivity contribution in [2.75, 3.05) is 7.11 Å². The lowest BCUT2D eigenvalue weighted by molar-refractivity contribution is 0.0152. The van der Waals surface area contributed by atoms with E-state index in [2.05, 4.69) is 9.97 Å². The number of hydrogen-bond acceptors (Lipinski definition) is 3. The minimum atomic E-state index is -0.468. The zero-order chi connectivity index (χ0) is 9.19. The summed E-state index contributed by atoms with van der Waals surface area (Å²) in [6, 6.07) is 0. The Morgan fingerprint density at radius 2 is 2.36 bits per heavy atom. The molecule has 0 fully saturated rings. The number of nitrogens with zero attached hydrogens (tertiary/aromatic N) is 2. The lowest BCUT2D eigenvalue weighted by atomic mass is 10.1. The van der Waals surface area contributed by atoms with E-state index in [0.29, 0.717) is 5.69 Å². The summed E-state index contributed by atoms with van der Waals surface area (Å²) in [6.07, 6.45) is 3.18. The predicted molar refractivity (Wildman–Crippen MR) is 42.1 cm³/mol. The van der Waals surface area contributed by atoms with Gasteiger partial charge in [-0.1, -0.05) is 0 Å². The molecule has 0 spiro atoms. The Balaban J connectivity index is 3.03. The molecule has 0 N–H and O–H groups in total. The summed E-state index contributed by atoms with van der Waals surface area (Å²) in [7, 11) is 1.61. The van der Waals surface area contributed by atoms with Gasteiger partial charge in [0.05, 0.1) is 13.3 Å². The lowest BCUT2D eigenvalue weighted by Gasteiger charge is -2.20. The third kappa shape index (κ3) is 1.74. The van der Waals surface area contributed by atoms with Gasteiger partial charge in [0.2, 0.25) is 0 Å². The van der Waals surface area contributed by atoms with Crippen molar-refractivity contribution in [3.8, 4) is 0 Å². The molecule has 0 bridgehead atoms. The molecule has 0 saturated heterocycles. The largest absolute Gasteiger partial charge is 0.372 e. The Bertz CT molecular complexity index is 276. The minimum Gasteiger partial charge on any atom is -0.372 e. The first-order chi connectivity index (χ1) is 5.56. The molecule has 0 aliphatic rings. The van der Waals surface area contributed by atoms with E-state index in [4.69, 9.17) is 6.11 Å². The zero-order valence-electron chi connectivity index (χ0n) is 7.96. The highest BCUT2D eigenvalue weighted by molar-refractivity contribution is 5.04. The fourth-order valence-corrected chi connectivity index (χ4v) is 0.663. The molecular weight excluding hydrogens is 140 g/mol. The van der Waals surface area contributed by atoms with Crippen LogP contribution in [0.25, 0.3) is 0 Å². The maximum Gasteiger partial charge on any atom is 0.106 e. The average Bonchev–Trinajstić information content (AvgIpc) is 2.05. The highest BCUT2D eigenvalue weighted by atomic mass is 16.5. The maximum atomic E-state index is 7.26. The number of methoxy groups -OCH3 is 1. The molecule has 0 amide bonds. The van der Waals surface area contributed by atoms with Gasteiger partial charge in [0.15, 0.2) is 0 Å². The molecular formula is C8H12N2O. The van der Waals surface area contributed by atoms with Gasteiger partial charge < -0.3 is 4.74 Å². The summed E-state index contributed by atoms with van der Waals surface area (Å²) in [5, 5.41) is 0. The maximum absolute atomic E-state index is 7.26. The molecule has 11 heavy (non-hydrogen) atoms. The second-order valence-corrected chi connectivity index (χ2v) is 2.75. The van der Waals surface area contributed by atoms with E-state index in [9.17, 15) is 0 Å². The smallest absolute Gasteiger partial charge is 0.106 e. The van der Waals surface area contributed by atoms with Crippen LogP contribution in [0.3, 0.4) is 0 Å². The summed E-state index contributed by atoms with van der Waals surface area (Å²) in [5.41, 5.74) is 0.210. The third-order valence-electron chi connectivity index (χ3n) is 1.64. The van der Waals surface area contributed by atoms with Crippen molar-refractivity contribution in [1.29, 1.82) is 0 Å². The Labute approximate surface area is 67.8 Å². The summed E-state index contributed by atoms with van der Waals surface area (Å²) < 4.78 is 12.5. The molecule has 0 aliphatic heterocycles. The van der Waals surface area contributed by atoms with Gasteiger partial charge >= 0.3 is 0 Å². The predicted octanol–water partition coefficient (Wildman–Crippen LogP) is 1.36. The Morgan fingerprint density at radius 1 is 1.64 bits per heavy atom. The van der Waals surface area contributed by atoms with E-state index in [0.717, 1.165) is 0 Å². The van der Waals surface area contributed by atoms with Crippen LogP contribution in [0.4, 0.5) is 0 Å². The van der Waals surface area contributed by atoms with Crippen LogP contribution in [0.15, 0.2) is 18.6 Å². The lowest BCUT2D eigenvalue weighted by Crippen LogP contribution is -2.20. The molecule has 1 heterocycles. The monoisotopic (exact) mass is 153 g/mol. The normalized spacial score (nSPS) is 12.8. The van der Waals surface area contributed by atoms with Crippen LogP contribution in [0.2, 0.25) is 0 Å². The number of hydrogen-bond donors (Lipinski definition) is 0. The van der Waals surface area contributed by atoms with Gasteiger partial charge in [-0.2, -0.15) is 0 Å². The van der Waals surface area contributed by atoms with Crippen LogP contribution < -0.4 is 0 Å². The SMILES string of the molecule is [2H]c1cncc(C(C)(C)OC)n1. The van der Waals surface area contributed by atoms with E-state index in [1.165, 1.54) is 6.20 Å². The molecule has 3 nitrogen and oxygen atoms in total. The first kappa shape index (κ1) is 6.73. The van der Waals surface area contributed by atoms with Crippen LogP contribution in [0.5, 0.6) is 0 Å². The van der Waals surface area contributed by atoms with Crippen molar-refractivity contribution in [3.05, 3.63) is 24.3 Å². The first-order valence-corrected chi connectivity index (χ1v) is 3.40. The van der Waals surface area contributed by atoms with Crippen molar-refractivity contribution in [1.82, 2.24) is 9.97 Å². The van der Waals surface area contributed by atoms with Gasteiger partial charge in [0.1, 0.15) is 5.60 Å². The molecule has 0 aliphatic carbocycles. The molecule has 1 aromatic heterocycles. The van der Waals surface area contributed by atoms with Crippen molar-refractivity contribution in [2.45, 2.75) is 19.4 Å². The minimum absolute atomic E-state index is 0.164. The zero-order valence-corrected chi connectivity index (χ0v) is 6.96. The van der Waals surface area contributed by atoms with Gasteiger partial charge in [-0.05, 0) is 13.8 Å². The van der Waals surface area contributed by atoms with Crippen LogP contribution >= 0.6 is 0 Å². The molecule has 3 heteroatoms. The Hall–Kier alpha value is -0.960. The average molecular weight is 153 g/mol. The molecule has 1 rings (SSSR count). The molecule has 0 aromatic carbocycles. The first-order valence-electron chi connectivity index (χ1n) is 3.90.